The summed E-state index contributed by atoms with van der Waals surface area (Å²) < 4.78 is 6.65. The van der Waals surface area contributed by atoms with Crippen molar-refractivity contribution in [1.82, 2.24) is 14.8 Å². The van der Waals surface area contributed by atoms with Crippen molar-refractivity contribution in [2.24, 2.45) is 0 Å². The van der Waals surface area contributed by atoms with Crippen LogP contribution in [0.4, 0.5) is 0 Å². The topological polar surface area (TPSA) is 60.2 Å². The normalized spacial score (nSPS) is 10.2. The molecule has 2 rings (SSSR count). The van der Waals surface area contributed by atoms with Crippen LogP contribution in [0.5, 0.6) is 11.8 Å². The summed E-state index contributed by atoms with van der Waals surface area (Å²) >= 11 is 0. The zero-order valence-electron chi connectivity index (χ0n) is 8.21. The summed E-state index contributed by atoms with van der Waals surface area (Å²) in [4.78, 5) is 0. The van der Waals surface area contributed by atoms with E-state index in [1.165, 1.54) is 4.57 Å². The van der Waals surface area contributed by atoms with Gasteiger partial charge in [0.1, 0.15) is 5.75 Å². The van der Waals surface area contributed by atoms with Gasteiger partial charge in [-0.05, 0) is 31.2 Å². The molecule has 0 bridgehead atoms. The molecule has 0 aliphatic heterocycles. The van der Waals surface area contributed by atoms with Crippen molar-refractivity contribution in [1.29, 1.82) is 0 Å². The third-order valence-electron chi connectivity index (χ3n) is 1.89. The lowest BCUT2D eigenvalue weighted by molar-refractivity contribution is 0.340. The van der Waals surface area contributed by atoms with Crippen LogP contribution in [0.25, 0.3) is 5.69 Å². The maximum Gasteiger partial charge on any atom is 0.319 e. The minimum absolute atomic E-state index is 0.181. The molecule has 0 fully saturated rings. The van der Waals surface area contributed by atoms with Crippen LogP contribution in [0.2, 0.25) is 0 Å². The second-order valence-electron chi connectivity index (χ2n) is 2.86. The summed E-state index contributed by atoms with van der Waals surface area (Å²) in [6.07, 6.45) is 2.54. The largest absolute Gasteiger partial charge is 0.494 e. The first-order valence-corrected chi connectivity index (χ1v) is 4.56. The quantitative estimate of drug-likeness (QED) is 0.815. The number of aromatic hydroxyl groups is 1. The van der Waals surface area contributed by atoms with E-state index in [-0.39, 0.29) is 6.01 Å². The first-order valence-electron chi connectivity index (χ1n) is 4.56. The van der Waals surface area contributed by atoms with E-state index in [1.807, 2.05) is 19.1 Å². The second-order valence-corrected chi connectivity index (χ2v) is 2.86. The summed E-state index contributed by atoms with van der Waals surface area (Å²) in [6.45, 7) is 2.55. The molecule has 77 valence electrons. The Hall–Kier alpha value is -2.04. The minimum atomic E-state index is -0.181. The molecule has 0 saturated heterocycles. The van der Waals surface area contributed by atoms with Crippen LogP contribution in [0.1, 0.15) is 6.92 Å². The van der Waals surface area contributed by atoms with Gasteiger partial charge in [-0.2, -0.15) is 0 Å². The molecule has 15 heavy (non-hydrogen) atoms. The van der Waals surface area contributed by atoms with E-state index in [0.29, 0.717) is 6.61 Å². The molecule has 0 atom stereocenters. The highest BCUT2D eigenvalue weighted by atomic mass is 16.5. The van der Waals surface area contributed by atoms with Crippen LogP contribution in [-0.2, 0) is 0 Å². The molecule has 5 heteroatoms. The van der Waals surface area contributed by atoms with Gasteiger partial charge in [-0.25, -0.2) is 4.57 Å². The molecule has 1 aromatic carbocycles. The van der Waals surface area contributed by atoms with Crippen LogP contribution in [0, 0.1) is 6.33 Å². The van der Waals surface area contributed by atoms with Crippen molar-refractivity contribution in [3.63, 3.8) is 0 Å². The van der Waals surface area contributed by atoms with Gasteiger partial charge >= 0.3 is 6.01 Å². The van der Waals surface area contributed by atoms with E-state index in [2.05, 4.69) is 16.5 Å². The van der Waals surface area contributed by atoms with E-state index in [9.17, 15) is 5.11 Å². The average molecular weight is 204 g/mol. The van der Waals surface area contributed by atoms with Gasteiger partial charge in [-0.15, -0.1) is 5.10 Å². The SMILES string of the molecule is CCOc1ccc(-n2[c]nnc2O)cc1. The Labute approximate surface area is 87.0 Å². The molecule has 1 radical (unpaired) electrons. The first kappa shape index (κ1) is 9.51. The Morgan fingerprint density at radius 2 is 2.13 bits per heavy atom. The molecule has 1 aromatic heterocycles. The Balaban J connectivity index is 2.28. The number of rotatable bonds is 3. The smallest absolute Gasteiger partial charge is 0.319 e. The van der Waals surface area contributed by atoms with Gasteiger partial charge in [0, 0.05) is 0 Å². The van der Waals surface area contributed by atoms with Gasteiger partial charge in [0.25, 0.3) is 0 Å². The molecule has 0 unspecified atom stereocenters. The van der Waals surface area contributed by atoms with E-state index >= 15 is 0 Å². The average Bonchev–Trinajstić information content (AvgIpc) is 2.66. The van der Waals surface area contributed by atoms with Crippen LogP contribution in [-0.4, -0.2) is 26.5 Å². The van der Waals surface area contributed by atoms with Crippen molar-refractivity contribution in [3.05, 3.63) is 30.6 Å². The van der Waals surface area contributed by atoms with Gasteiger partial charge in [0.15, 0.2) is 0 Å². The zero-order valence-corrected chi connectivity index (χ0v) is 8.21. The number of ether oxygens (including phenoxy) is 1. The third-order valence-corrected chi connectivity index (χ3v) is 1.89. The van der Waals surface area contributed by atoms with Crippen molar-refractivity contribution in [2.75, 3.05) is 6.61 Å². The van der Waals surface area contributed by atoms with Crippen LogP contribution in [0.3, 0.4) is 0 Å². The van der Waals surface area contributed by atoms with E-state index in [1.54, 1.807) is 12.1 Å². The summed E-state index contributed by atoms with van der Waals surface area (Å²) in [7, 11) is 0. The van der Waals surface area contributed by atoms with Crippen LogP contribution in [0.15, 0.2) is 24.3 Å². The standard InChI is InChI=1S/C10H10N3O2/c1-2-15-9-5-3-8(4-6-9)13-7-11-12-10(13)14/h3-6H,2H2,1H3,(H,12,14). The summed E-state index contributed by atoms with van der Waals surface area (Å²) in [6, 6.07) is 7.03. The molecule has 2 aromatic rings. The molecule has 0 spiro atoms. The van der Waals surface area contributed by atoms with Gasteiger partial charge in [-0.1, -0.05) is 5.10 Å². The second kappa shape index (κ2) is 4.00. The van der Waals surface area contributed by atoms with E-state index < -0.39 is 0 Å². The third kappa shape index (κ3) is 1.90. The Bertz CT molecular complexity index is 436. The van der Waals surface area contributed by atoms with E-state index in [0.717, 1.165) is 11.4 Å². The fraction of sp³-hybridized carbons (Fsp3) is 0.200. The maximum absolute atomic E-state index is 9.30. The Kier molecular flexibility index (Phi) is 2.53. The fourth-order valence-corrected chi connectivity index (χ4v) is 1.23. The Morgan fingerprint density at radius 1 is 1.40 bits per heavy atom. The molecular weight excluding hydrogens is 194 g/mol. The molecular formula is C10H10N3O2. The lowest BCUT2D eigenvalue weighted by atomic mass is 10.3. The molecule has 0 aliphatic carbocycles. The molecule has 0 aliphatic rings. The maximum atomic E-state index is 9.30. The number of hydrogen-bond acceptors (Lipinski definition) is 4. The van der Waals surface area contributed by atoms with Gasteiger partial charge < -0.3 is 9.84 Å². The van der Waals surface area contributed by atoms with Crippen molar-refractivity contribution in [3.8, 4) is 17.4 Å². The van der Waals surface area contributed by atoms with Gasteiger partial charge in [0.2, 0.25) is 6.33 Å². The highest BCUT2D eigenvalue weighted by Gasteiger charge is 2.04. The molecule has 1 N–H and O–H groups in total. The fourth-order valence-electron chi connectivity index (χ4n) is 1.23. The molecule has 1 heterocycles. The van der Waals surface area contributed by atoms with Gasteiger partial charge in [0.05, 0.1) is 12.3 Å². The summed E-state index contributed by atoms with van der Waals surface area (Å²) in [5.74, 6) is 0.786. The number of hydrogen-bond donors (Lipinski definition) is 1. The molecule has 0 amide bonds. The molecule has 5 nitrogen and oxygen atoms in total. The highest BCUT2D eigenvalue weighted by molar-refractivity contribution is 5.38. The predicted molar refractivity (Wildman–Crippen MR) is 53.0 cm³/mol. The van der Waals surface area contributed by atoms with Crippen molar-refractivity contribution < 1.29 is 9.84 Å². The predicted octanol–water partition coefficient (Wildman–Crippen LogP) is 1.17. The molecule has 0 saturated carbocycles. The number of aromatic nitrogens is 3. The number of nitrogens with zero attached hydrogens (tertiary/aromatic N) is 3. The monoisotopic (exact) mass is 204 g/mol. The number of benzene rings is 1. The highest BCUT2D eigenvalue weighted by Crippen LogP contribution is 2.17. The summed E-state index contributed by atoms with van der Waals surface area (Å²) in [5.41, 5.74) is 0.737. The Morgan fingerprint density at radius 3 is 2.67 bits per heavy atom. The summed E-state index contributed by atoms with van der Waals surface area (Å²) in [5, 5.41) is 16.2. The van der Waals surface area contributed by atoms with Crippen molar-refractivity contribution >= 4 is 0 Å². The van der Waals surface area contributed by atoms with Crippen LogP contribution < -0.4 is 4.74 Å². The first-order chi connectivity index (χ1) is 7.31. The van der Waals surface area contributed by atoms with Gasteiger partial charge in [-0.3, -0.25) is 0 Å². The van der Waals surface area contributed by atoms with Crippen LogP contribution >= 0.6 is 0 Å². The van der Waals surface area contributed by atoms with Crippen molar-refractivity contribution in [2.45, 2.75) is 6.92 Å². The minimum Gasteiger partial charge on any atom is -0.494 e. The lowest BCUT2D eigenvalue weighted by Crippen LogP contribution is -1.94. The van der Waals surface area contributed by atoms with E-state index in [4.69, 9.17) is 4.74 Å². The lowest BCUT2D eigenvalue weighted by Gasteiger charge is -2.04. The zero-order chi connectivity index (χ0) is 10.7.